The Kier molecular flexibility index (Phi) is 10.6. The molecule has 13 heteroatoms. The zero-order chi connectivity index (χ0) is 39.3. The molecular formula is C41H50N2O11. The molecular weight excluding hydrogens is 696 g/mol. The van der Waals surface area contributed by atoms with Gasteiger partial charge in [-0.3, -0.25) is 19.4 Å². The number of hydrogen-bond acceptors (Lipinski definition) is 11. The van der Waals surface area contributed by atoms with E-state index in [0.717, 1.165) is 22.3 Å². The summed E-state index contributed by atoms with van der Waals surface area (Å²) >= 11 is 0. The first-order valence-corrected chi connectivity index (χ1v) is 18.7. The molecule has 1 aliphatic carbocycles. The summed E-state index contributed by atoms with van der Waals surface area (Å²) in [6.07, 6.45) is 0.670. The minimum Gasteiger partial charge on any atom is -0.488 e. The predicted molar refractivity (Wildman–Crippen MR) is 195 cm³/mol. The second-order valence-electron chi connectivity index (χ2n) is 16.7. The fourth-order valence-electron chi connectivity index (χ4n) is 7.61. The lowest BCUT2D eigenvalue weighted by Gasteiger charge is -2.32. The van der Waals surface area contributed by atoms with Crippen molar-refractivity contribution >= 4 is 35.7 Å². The third-order valence-corrected chi connectivity index (χ3v) is 10.2. The van der Waals surface area contributed by atoms with Gasteiger partial charge in [0.2, 0.25) is 5.78 Å². The number of aryl methyl sites for hydroxylation is 1. The van der Waals surface area contributed by atoms with Crippen LogP contribution in [0.4, 0.5) is 9.59 Å². The molecule has 2 fully saturated rings. The van der Waals surface area contributed by atoms with Crippen molar-refractivity contribution < 1.29 is 52.5 Å². The molecule has 3 heterocycles. The van der Waals surface area contributed by atoms with Crippen LogP contribution in [0.25, 0.3) is 11.1 Å². The van der Waals surface area contributed by atoms with Crippen LogP contribution in [0.2, 0.25) is 0 Å². The van der Waals surface area contributed by atoms with E-state index in [4.69, 9.17) is 23.7 Å². The van der Waals surface area contributed by atoms with Gasteiger partial charge in [-0.25, -0.2) is 19.2 Å². The van der Waals surface area contributed by atoms with Crippen LogP contribution in [0.1, 0.15) is 119 Å². The first-order chi connectivity index (χ1) is 25.3. The third-order valence-electron chi connectivity index (χ3n) is 10.2. The molecule has 290 valence electrons. The lowest BCUT2D eigenvalue weighted by molar-refractivity contribution is -0.153. The van der Waals surface area contributed by atoms with Gasteiger partial charge in [0.05, 0.1) is 0 Å². The predicted octanol–water partition coefficient (Wildman–Crippen LogP) is 6.59. The minimum absolute atomic E-state index is 0.139. The number of amides is 2. The molecule has 13 nitrogen and oxygen atoms in total. The highest BCUT2D eigenvalue weighted by Gasteiger charge is 2.44. The quantitative estimate of drug-likeness (QED) is 0.179. The van der Waals surface area contributed by atoms with Gasteiger partial charge in [0, 0.05) is 28.8 Å². The molecule has 3 unspecified atom stereocenters. The Bertz CT molecular complexity index is 1870. The van der Waals surface area contributed by atoms with Gasteiger partial charge in [-0.05, 0) is 129 Å². The number of ketones is 2. The standard InChI is InChI=1S/C41H50N2O11/c1-22-9-14-30(42(22)38(48)53-40(3,4)5)36(46)51-21-32(44)25-11-13-27-26(17-25)20-50-34-19-28-24(18-29(27)34)12-16-33(35(28)45)52-37(47)31-15-10-23(2)43(31)39(49)54-41(6,7)8/h11,13,17-19,22-23,30-31,33H,9-10,12,14-16,20-21H2,1-8H3/t22-,23?,30-,31?,33?/m0/s1. The largest absolute Gasteiger partial charge is 0.488 e. The van der Waals surface area contributed by atoms with Crippen molar-refractivity contribution in [2.75, 3.05) is 6.61 Å². The lowest BCUT2D eigenvalue weighted by atomic mass is 9.84. The van der Waals surface area contributed by atoms with Gasteiger partial charge in [-0.2, -0.15) is 0 Å². The first kappa shape index (κ1) is 38.8. The van der Waals surface area contributed by atoms with Gasteiger partial charge in [0.15, 0.2) is 18.5 Å². The van der Waals surface area contributed by atoms with Crippen molar-refractivity contribution in [1.29, 1.82) is 0 Å². The van der Waals surface area contributed by atoms with E-state index in [-0.39, 0.29) is 24.5 Å². The SMILES string of the molecule is CC1CCC(C(=O)OC2CCc3cc4c(cc3C2=O)OCc2cc(C(=O)COC(=O)[C@@H]3CC[C@H](C)N3C(=O)OC(C)(C)C)ccc2-4)N1C(=O)OC(C)(C)C. The second kappa shape index (κ2) is 14.7. The van der Waals surface area contributed by atoms with Crippen LogP contribution in [0, 0.1) is 0 Å². The van der Waals surface area contributed by atoms with Crippen LogP contribution in [0.3, 0.4) is 0 Å². The Balaban J connectivity index is 1.10. The smallest absolute Gasteiger partial charge is 0.411 e. The molecule has 2 aromatic rings. The second-order valence-corrected chi connectivity index (χ2v) is 16.7. The summed E-state index contributed by atoms with van der Waals surface area (Å²) in [5.41, 5.74) is 2.49. The van der Waals surface area contributed by atoms with E-state index in [9.17, 15) is 28.8 Å². The monoisotopic (exact) mass is 746 g/mol. The molecule has 0 spiro atoms. The Morgan fingerprint density at radius 2 is 1.31 bits per heavy atom. The maximum atomic E-state index is 13.7. The number of hydrogen-bond donors (Lipinski definition) is 0. The van der Waals surface area contributed by atoms with E-state index in [0.29, 0.717) is 55.4 Å². The van der Waals surface area contributed by atoms with Crippen molar-refractivity contribution in [2.45, 2.75) is 142 Å². The zero-order valence-corrected chi connectivity index (χ0v) is 32.3. The van der Waals surface area contributed by atoms with E-state index >= 15 is 0 Å². The fourth-order valence-corrected chi connectivity index (χ4v) is 7.61. The summed E-state index contributed by atoms with van der Waals surface area (Å²) in [5, 5.41) is 0. The number of Topliss-reactive ketones (excluding diaryl/α,β-unsaturated/α-hetero) is 2. The van der Waals surface area contributed by atoms with E-state index in [1.807, 2.05) is 26.0 Å². The number of nitrogens with zero attached hydrogens (tertiary/aromatic N) is 2. The van der Waals surface area contributed by atoms with E-state index in [2.05, 4.69) is 0 Å². The van der Waals surface area contributed by atoms with Crippen molar-refractivity contribution in [3.8, 4) is 16.9 Å². The fraction of sp³-hybridized carbons (Fsp3) is 0.561. The average Bonchev–Trinajstić information content (AvgIpc) is 3.68. The van der Waals surface area contributed by atoms with Crippen molar-refractivity contribution in [3.63, 3.8) is 0 Å². The van der Waals surface area contributed by atoms with Crippen LogP contribution in [-0.4, -0.2) is 93.6 Å². The van der Waals surface area contributed by atoms with Crippen molar-refractivity contribution in [1.82, 2.24) is 9.80 Å². The molecule has 0 N–H and O–H groups in total. The lowest BCUT2D eigenvalue weighted by Crippen LogP contribution is -2.48. The van der Waals surface area contributed by atoms with Crippen LogP contribution < -0.4 is 4.74 Å². The van der Waals surface area contributed by atoms with Crippen molar-refractivity contribution in [2.24, 2.45) is 0 Å². The molecule has 3 aliphatic heterocycles. The number of rotatable bonds is 6. The highest BCUT2D eigenvalue weighted by molar-refractivity contribution is 6.04. The van der Waals surface area contributed by atoms with Gasteiger partial charge in [0.1, 0.15) is 35.6 Å². The number of carbonyl (C=O) groups excluding carboxylic acids is 6. The van der Waals surface area contributed by atoms with Gasteiger partial charge in [-0.1, -0.05) is 12.1 Å². The van der Waals surface area contributed by atoms with Gasteiger partial charge >= 0.3 is 24.1 Å². The molecule has 2 saturated heterocycles. The number of fused-ring (bicyclic) bond motifs is 4. The number of ether oxygens (including phenoxy) is 5. The minimum atomic E-state index is -0.990. The number of benzene rings is 2. The Hall–Kier alpha value is -4.94. The molecule has 0 bridgehead atoms. The Morgan fingerprint density at radius 1 is 0.722 bits per heavy atom. The maximum Gasteiger partial charge on any atom is 0.411 e. The molecule has 0 saturated carbocycles. The molecule has 5 atom stereocenters. The normalized spacial score (nSPS) is 23.4. The van der Waals surface area contributed by atoms with Crippen LogP contribution in [0.5, 0.6) is 5.75 Å². The molecule has 0 radical (unpaired) electrons. The average molecular weight is 747 g/mol. The number of esters is 2. The molecule has 6 rings (SSSR count). The summed E-state index contributed by atoms with van der Waals surface area (Å²) in [6, 6.07) is 6.71. The summed E-state index contributed by atoms with van der Waals surface area (Å²) in [4.78, 5) is 81.8. The third kappa shape index (κ3) is 8.09. The van der Waals surface area contributed by atoms with Gasteiger partial charge in [0.25, 0.3) is 0 Å². The van der Waals surface area contributed by atoms with E-state index in [1.54, 1.807) is 59.7 Å². The number of carbonyl (C=O) groups is 6. The summed E-state index contributed by atoms with van der Waals surface area (Å²) < 4.78 is 28.3. The van der Waals surface area contributed by atoms with E-state index in [1.165, 1.54) is 9.80 Å². The summed E-state index contributed by atoms with van der Waals surface area (Å²) in [6.45, 7) is 13.9. The van der Waals surface area contributed by atoms with Gasteiger partial charge < -0.3 is 23.7 Å². The van der Waals surface area contributed by atoms with Crippen LogP contribution >= 0.6 is 0 Å². The van der Waals surface area contributed by atoms with Crippen molar-refractivity contribution in [3.05, 3.63) is 52.6 Å². The molecule has 0 aromatic heterocycles. The summed E-state index contributed by atoms with van der Waals surface area (Å²) in [7, 11) is 0. The van der Waals surface area contributed by atoms with Gasteiger partial charge in [-0.15, -0.1) is 0 Å². The Labute approximate surface area is 315 Å². The van der Waals surface area contributed by atoms with E-state index < -0.39 is 65.9 Å². The topological polar surface area (TPSA) is 155 Å². The molecule has 2 aromatic carbocycles. The highest BCUT2D eigenvalue weighted by atomic mass is 16.6. The highest BCUT2D eigenvalue weighted by Crippen LogP contribution is 2.42. The molecule has 4 aliphatic rings. The van der Waals surface area contributed by atoms with Crippen LogP contribution in [0.15, 0.2) is 30.3 Å². The Morgan fingerprint density at radius 3 is 1.91 bits per heavy atom. The molecule has 54 heavy (non-hydrogen) atoms. The zero-order valence-electron chi connectivity index (χ0n) is 32.3. The molecule has 2 amide bonds. The first-order valence-electron chi connectivity index (χ1n) is 18.7. The number of likely N-dealkylation sites (tertiary alicyclic amines) is 2. The summed E-state index contributed by atoms with van der Waals surface area (Å²) in [5.74, 6) is -1.50. The maximum absolute atomic E-state index is 13.7. The van der Waals surface area contributed by atoms with Crippen LogP contribution in [-0.2, 0) is 41.6 Å².